The van der Waals surface area contributed by atoms with E-state index in [1.807, 2.05) is 13.0 Å². The molecular formula is C14H12N2O3S. The quantitative estimate of drug-likeness (QED) is 0.815. The highest BCUT2D eigenvalue weighted by molar-refractivity contribution is 7.90. The van der Waals surface area contributed by atoms with Gasteiger partial charge in [-0.2, -0.15) is 8.42 Å². The Hall–Kier alpha value is -2.34. The number of nitrogens with zero attached hydrogens (tertiary/aromatic N) is 1. The van der Waals surface area contributed by atoms with Crippen molar-refractivity contribution in [3.05, 3.63) is 53.6 Å². The van der Waals surface area contributed by atoms with Crippen molar-refractivity contribution < 1.29 is 13.2 Å². The van der Waals surface area contributed by atoms with Crippen molar-refractivity contribution in [1.29, 1.82) is 0 Å². The summed E-state index contributed by atoms with van der Waals surface area (Å²) in [4.78, 5) is 0.153. The Balaban J connectivity index is 2.05. The van der Waals surface area contributed by atoms with Gasteiger partial charge in [-0.1, -0.05) is 18.2 Å². The standard InChI is InChI=1S/C14H12N2O3S/c1-9-6-7-12(11(15)8-9)19-14-10-4-2-3-5-13(10)20(17,18)16-14/h2-8H,15H2,1H3. The van der Waals surface area contributed by atoms with E-state index >= 15 is 0 Å². The Labute approximate surface area is 116 Å². The number of hydrogen-bond acceptors (Lipinski definition) is 4. The molecule has 1 aliphatic heterocycles. The average molecular weight is 288 g/mol. The van der Waals surface area contributed by atoms with Crippen LogP contribution in [-0.2, 0) is 10.0 Å². The predicted octanol–water partition coefficient (Wildman–Crippen LogP) is 2.11. The maximum atomic E-state index is 11.9. The van der Waals surface area contributed by atoms with Gasteiger partial charge in [0, 0.05) is 0 Å². The van der Waals surface area contributed by atoms with Gasteiger partial charge in [-0.3, -0.25) is 0 Å². The normalized spacial score (nSPS) is 15.6. The fraction of sp³-hybridized carbons (Fsp3) is 0.0714. The third kappa shape index (κ3) is 2.04. The summed E-state index contributed by atoms with van der Waals surface area (Å²) in [7, 11) is -3.67. The van der Waals surface area contributed by atoms with Crippen molar-refractivity contribution in [3.63, 3.8) is 0 Å². The number of aryl methyl sites for hydroxylation is 1. The molecule has 20 heavy (non-hydrogen) atoms. The third-order valence-corrected chi connectivity index (χ3v) is 4.29. The summed E-state index contributed by atoms with van der Waals surface area (Å²) in [6.07, 6.45) is 0. The predicted molar refractivity (Wildman–Crippen MR) is 76.4 cm³/mol. The van der Waals surface area contributed by atoms with Crippen molar-refractivity contribution >= 4 is 21.6 Å². The second-order valence-electron chi connectivity index (χ2n) is 4.51. The molecule has 102 valence electrons. The zero-order valence-corrected chi connectivity index (χ0v) is 11.5. The average Bonchev–Trinajstić information content (AvgIpc) is 2.65. The number of nitrogen functional groups attached to an aromatic ring is 1. The first-order valence-electron chi connectivity index (χ1n) is 5.96. The number of fused-ring (bicyclic) bond motifs is 1. The minimum atomic E-state index is -3.67. The number of nitrogens with two attached hydrogens (primary N) is 1. The molecule has 1 heterocycles. The van der Waals surface area contributed by atoms with Crippen LogP contribution in [0.25, 0.3) is 0 Å². The maximum Gasteiger partial charge on any atom is 0.286 e. The monoisotopic (exact) mass is 288 g/mol. The summed E-state index contributed by atoms with van der Waals surface area (Å²) in [5, 5.41) is 0. The van der Waals surface area contributed by atoms with E-state index in [4.69, 9.17) is 10.5 Å². The van der Waals surface area contributed by atoms with Crippen LogP contribution in [0.2, 0.25) is 0 Å². The van der Waals surface area contributed by atoms with E-state index in [-0.39, 0.29) is 10.8 Å². The Bertz CT molecular complexity index is 826. The molecule has 2 N–H and O–H groups in total. The summed E-state index contributed by atoms with van der Waals surface area (Å²) in [5.74, 6) is 0.442. The first kappa shape index (κ1) is 12.7. The third-order valence-electron chi connectivity index (χ3n) is 2.97. The molecule has 0 amide bonds. The number of sulfonamides is 1. The topological polar surface area (TPSA) is 81.8 Å². The van der Waals surface area contributed by atoms with Crippen LogP contribution in [-0.4, -0.2) is 14.3 Å². The van der Waals surface area contributed by atoms with Crippen LogP contribution in [0.5, 0.6) is 5.75 Å². The van der Waals surface area contributed by atoms with Crippen LogP contribution in [0.4, 0.5) is 5.69 Å². The van der Waals surface area contributed by atoms with Crippen LogP contribution in [0.3, 0.4) is 0 Å². The van der Waals surface area contributed by atoms with Gasteiger partial charge in [0.25, 0.3) is 10.0 Å². The minimum Gasteiger partial charge on any atom is -0.435 e. The van der Waals surface area contributed by atoms with Crippen molar-refractivity contribution in [2.24, 2.45) is 4.40 Å². The first-order chi connectivity index (χ1) is 9.47. The van der Waals surface area contributed by atoms with E-state index < -0.39 is 10.0 Å². The fourth-order valence-electron chi connectivity index (χ4n) is 2.01. The van der Waals surface area contributed by atoms with E-state index in [0.717, 1.165) is 5.56 Å². The molecule has 0 radical (unpaired) electrons. The molecule has 6 heteroatoms. The van der Waals surface area contributed by atoms with Crippen LogP contribution in [0, 0.1) is 6.92 Å². The van der Waals surface area contributed by atoms with Crippen molar-refractivity contribution in [3.8, 4) is 5.75 Å². The molecule has 0 saturated carbocycles. The van der Waals surface area contributed by atoms with Crippen LogP contribution in [0.15, 0.2) is 51.8 Å². The molecular weight excluding hydrogens is 276 g/mol. The van der Waals surface area contributed by atoms with E-state index in [0.29, 0.717) is 17.0 Å². The number of rotatable bonds is 1. The van der Waals surface area contributed by atoms with Gasteiger partial charge in [0.2, 0.25) is 5.90 Å². The molecule has 5 nitrogen and oxygen atoms in total. The lowest BCUT2D eigenvalue weighted by molar-refractivity contribution is 0.556. The van der Waals surface area contributed by atoms with Crippen LogP contribution >= 0.6 is 0 Å². The summed E-state index contributed by atoms with van der Waals surface area (Å²) in [5.41, 5.74) is 7.74. The molecule has 0 atom stereocenters. The van der Waals surface area contributed by atoms with E-state index in [9.17, 15) is 8.42 Å². The molecule has 0 unspecified atom stereocenters. The SMILES string of the molecule is Cc1ccc(OC2=NS(=O)(=O)c3ccccc32)c(N)c1. The lowest BCUT2D eigenvalue weighted by atomic mass is 10.2. The van der Waals surface area contributed by atoms with E-state index in [1.165, 1.54) is 6.07 Å². The number of benzene rings is 2. The van der Waals surface area contributed by atoms with Gasteiger partial charge in [0.1, 0.15) is 4.90 Å². The molecule has 0 aliphatic carbocycles. The van der Waals surface area contributed by atoms with Gasteiger partial charge < -0.3 is 10.5 Å². The highest BCUT2D eigenvalue weighted by Gasteiger charge is 2.30. The smallest absolute Gasteiger partial charge is 0.286 e. The molecule has 0 spiro atoms. The zero-order chi connectivity index (χ0) is 14.3. The van der Waals surface area contributed by atoms with Gasteiger partial charge in [-0.15, -0.1) is 4.40 Å². The Morgan fingerprint density at radius 3 is 2.65 bits per heavy atom. The second-order valence-corrected chi connectivity index (χ2v) is 6.08. The second kappa shape index (κ2) is 4.35. The number of hydrogen-bond donors (Lipinski definition) is 1. The Morgan fingerprint density at radius 2 is 1.90 bits per heavy atom. The zero-order valence-electron chi connectivity index (χ0n) is 10.7. The molecule has 0 bridgehead atoms. The van der Waals surface area contributed by atoms with Gasteiger partial charge in [-0.05, 0) is 36.8 Å². The van der Waals surface area contributed by atoms with Gasteiger partial charge in [0.15, 0.2) is 5.75 Å². The van der Waals surface area contributed by atoms with Gasteiger partial charge in [-0.25, -0.2) is 0 Å². The fourth-order valence-corrected chi connectivity index (χ4v) is 3.15. The lowest BCUT2D eigenvalue weighted by Gasteiger charge is -2.08. The number of anilines is 1. The summed E-state index contributed by atoms with van der Waals surface area (Å²) in [6.45, 7) is 1.91. The Morgan fingerprint density at radius 1 is 1.15 bits per heavy atom. The van der Waals surface area contributed by atoms with E-state index in [1.54, 1.807) is 30.3 Å². The Kier molecular flexibility index (Phi) is 2.76. The summed E-state index contributed by atoms with van der Waals surface area (Å²) in [6, 6.07) is 11.8. The molecule has 1 aliphatic rings. The highest BCUT2D eigenvalue weighted by Crippen LogP contribution is 2.29. The molecule has 0 saturated heterocycles. The molecule has 0 fully saturated rings. The minimum absolute atomic E-state index is 0.0520. The van der Waals surface area contributed by atoms with Crippen molar-refractivity contribution in [2.45, 2.75) is 11.8 Å². The maximum absolute atomic E-state index is 11.9. The molecule has 3 rings (SSSR count). The number of ether oxygens (including phenoxy) is 1. The van der Waals surface area contributed by atoms with Crippen molar-refractivity contribution in [1.82, 2.24) is 0 Å². The largest absolute Gasteiger partial charge is 0.435 e. The van der Waals surface area contributed by atoms with Crippen molar-refractivity contribution in [2.75, 3.05) is 5.73 Å². The molecule has 2 aromatic rings. The van der Waals surface area contributed by atoms with Gasteiger partial charge in [0.05, 0.1) is 11.3 Å². The summed E-state index contributed by atoms with van der Waals surface area (Å²) < 4.78 is 33.0. The van der Waals surface area contributed by atoms with E-state index in [2.05, 4.69) is 4.40 Å². The van der Waals surface area contributed by atoms with Gasteiger partial charge >= 0.3 is 0 Å². The molecule has 0 aromatic heterocycles. The van der Waals surface area contributed by atoms with Crippen LogP contribution in [0.1, 0.15) is 11.1 Å². The lowest BCUT2D eigenvalue weighted by Crippen LogP contribution is -2.09. The molecule has 2 aromatic carbocycles. The first-order valence-corrected chi connectivity index (χ1v) is 7.40. The van der Waals surface area contributed by atoms with Crippen LogP contribution < -0.4 is 10.5 Å². The highest BCUT2D eigenvalue weighted by atomic mass is 32.2. The summed E-state index contributed by atoms with van der Waals surface area (Å²) >= 11 is 0.